The number of halogens is 1. The molecule has 20 heavy (non-hydrogen) atoms. The Morgan fingerprint density at radius 1 is 1.40 bits per heavy atom. The Hall–Kier alpha value is -1.91. The fraction of sp³-hybridized carbons (Fsp3) is 0.300. The molecule has 0 unspecified atom stereocenters. The molecule has 0 aromatic carbocycles. The van der Waals surface area contributed by atoms with Gasteiger partial charge in [-0.1, -0.05) is 0 Å². The van der Waals surface area contributed by atoms with E-state index in [0.717, 1.165) is 6.20 Å². The molecule has 0 saturated heterocycles. The van der Waals surface area contributed by atoms with E-state index in [1.54, 1.807) is 0 Å². The fourth-order valence-electron chi connectivity index (χ4n) is 1.58. The minimum atomic E-state index is -4.03. The van der Waals surface area contributed by atoms with Gasteiger partial charge in [0.15, 0.2) is 5.82 Å². The number of hydrogen-bond donors (Lipinski definition) is 1. The summed E-state index contributed by atoms with van der Waals surface area (Å²) >= 11 is 0. The molecule has 0 fully saturated rings. The lowest BCUT2D eigenvalue weighted by molar-refractivity contribution is 0.185. The highest BCUT2D eigenvalue weighted by atomic mass is 32.2. The lowest BCUT2D eigenvalue weighted by Gasteiger charge is -2.08. The zero-order valence-corrected chi connectivity index (χ0v) is 11.3. The van der Waals surface area contributed by atoms with Crippen molar-refractivity contribution in [3.63, 3.8) is 0 Å². The van der Waals surface area contributed by atoms with Gasteiger partial charge in [0, 0.05) is 7.11 Å². The van der Waals surface area contributed by atoms with Crippen LogP contribution in [0.1, 0.15) is 0 Å². The summed E-state index contributed by atoms with van der Waals surface area (Å²) in [6, 6.07) is 2.56. The number of primary sulfonamides is 1. The van der Waals surface area contributed by atoms with E-state index in [1.807, 2.05) is 0 Å². The Morgan fingerprint density at radius 2 is 2.15 bits per heavy atom. The van der Waals surface area contributed by atoms with Gasteiger partial charge in [-0.15, -0.1) is 10.2 Å². The molecular formula is C10H12FN5O3S. The molecule has 0 aliphatic carbocycles. The third kappa shape index (κ3) is 2.98. The summed E-state index contributed by atoms with van der Waals surface area (Å²) in [6.45, 7) is 0.401. The first kappa shape index (κ1) is 14.5. The van der Waals surface area contributed by atoms with Gasteiger partial charge >= 0.3 is 0 Å². The predicted molar refractivity (Wildman–Crippen MR) is 66.5 cm³/mol. The minimum Gasteiger partial charge on any atom is -0.383 e. The van der Waals surface area contributed by atoms with Crippen LogP contribution in [0, 0.1) is 5.82 Å². The highest BCUT2D eigenvalue weighted by Crippen LogP contribution is 2.18. The van der Waals surface area contributed by atoms with Crippen LogP contribution in [-0.2, 0) is 21.3 Å². The van der Waals surface area contributed by atoms with Gasteiger partial charge in [0.1, 0.15) is 11.5 Å². The van der Waals surface area contributed by atoms with Crippen LogP contribution in [0.5, 0.6) is 0 Å². The number of rotatable bonds is 5. The number of hydrogen-bond acceptors (Lipinski definition) is 6. The summed E-state index contributed by atoms with van der Waals surface area (Å²) in [5.74, 6) is -0.338. The first-order valence-electron chi connectivity index (χ1n) is 5.50. The number of pyridine rings is 1. The van der Waals surface area contributed by atoms with Gasteiger partial charge in [-0.3, -0.25) is 4.57 Å². The van der Waals surface area contributed by atoms with Gasteiger partial charge in [-0.25, -0.2) is 22.9 Å². The van der Waals surface area contributed by atoms with Crippen LogP contribution in [0.2, 0.25) is 0 Å². The minimum absolute atomic E-state index is 0.170. The second-order valence-corrected chi connectivity index (χ2v) is 5.31. The van der Waals surface area contributed by atoms with Gasteiger partial charge in [0.25, 0.3) is 15.2 Å². The van der Waals surface area contributed by atoms with Crippen molar-refractivity contribution in [3.05, 3.63) is 24.1 Å². The largest absolute Gasteiger partial charge is 0.383 e. The van der Waals surface area contributed by atoms with E-state index in [4.69, 9.17) is 9.88 Å². The van der Waals surface area contributed by atoms with E-state index in [9.17, 15) is 12.8 Å². The molecule has 2 aromatic rings. The van der Waals surface area contributed by atoms with Crippen molar-refractivity contribution in [3.8, 4) is 11.5 Å². The standard InChI is InChI=1S/C10H12FN5O3S/c1-19-5-4-16-9(8-3-2-7(11)6-13-8)14-15-10(16)20(12,17)18/h2-3,6H,4-5H2,1H3,(H2,12,17,18). The van der Waals surface area contributed by atoms with E-state index < -0.39 is 21.0 Å². The normalized spacial score (nSPS) is 11.8. The lowest BCUT2D eigenvalue weighted by atomic mass is 10.3. The molecule has 0 atom stereocenters. The van der Waals surface area contributed by atoms with Crippen LogP contribution >= 0.6 is 0 Å². The third-order valence-corrected chi connectivity index (χ3v) is 3.26. The molecule has 2 rings (SSSR count). The average molecular weight is 301 g/mol. The van der Waals surface area contributed by atoms with Crippen molar-refractivity contribution >= 4 is 10.0 Å². The average Bonchev–Trinajstić information content (AvgIpc) is 2.81. The molecule has 2 aromatic heterocycles. The first-order chi connectivity index (χ1) is 9.43. The van der Waals surface area contributed by atoms with Crippen molar-refractivity contribution < 1.29 is 17.5 Å². The molecule has 0 saturated carbocycles. The molecule has 0 aliphatic heterocycles. The number of nitrogens with zero attached hydrogens (tertiary/aromatic N) is 4. The Bertz CT molecular complexity index is 698. The van der Waals surface area contributed by atoms with E-state index in [2.05, 4.69) is 15.2 Å². The SMILES string of the molecule is COCCn1c(-c2ccc(F)cn2)nnc1S(N)(=O)=O. The Balaban J connectivity index is 2.53. The summed E-state index contributed by atoms with van der Waals surface area (Å²) in [6.07, 6.45) is 1.00. The van der Waals surface area contributed by atoms with Crippen LogP contribution in [0.3, 0.4) is 0 Å². The van der Waals surface area contributed by atoms with E-state index >= 15 is 0 Å². The maximum Gasteiger partial charge on any atom is 0.273 e. The molecule has 2 N–H and O–H groups in total. The molecule has 10 heteroatoms. The van der Waals surface area contributed by atoms with Crippen molar-refractivity contribution in [2.45, 2.75) is 11.7 Å². The van der Waals surface area contributed by atoms with Crippen molar-refractivity contribution in [2.75, 3.05) is 13.7 Å². The second kappa shape index (κ2) is 5.61. The highest BCUT2D eigenvalue weighted by molar-refractivity contribution is 7.89. The third-order valence-electron chi connectivity index (χ3n) is 2.45. The molecule has 0 aliphatic rings. The second-order valence-electron chi connectivity index (χ2n) is 3.86. The van der Waals surface area contributed by atoms with Gasteiger partial charge < -0.3 is 4.74 Å². The zero-order valence-electron chi connectivity index (χ0n) is 10.5. The van der Waals surface area contributed by atoms with Gasteiger partial charge in [0.2, 0.25) is 0 Å². The summed E-state index contributed by atoms with van der Waals surface area (Å²) in [7, 11) is -2.56. The van der Waals surface area contributed by atoms with Crippen molar-refractivity contribution in [1.29, 1.82) is 0 Å². The summed E-state index contributed by atoms with van der Waals surface area (Å²) in [4.78, 5) is 3.84. The zero-order chi connectivity index (χ0) is 14.8. The summed E-state index contributed by atoms with van der Waals surface area (Å²) in [5.41, 5.74) is 0.282. The number of ether oxygens (including phenoxy) is 1. The van der Waals surface area contributed by atoms with Crippen LogP contribution in [0.4, 0.5) is 4.39 Å². The monoisotopic (exact) mass is 301 g/mol. The van der Waals surface area contributed by atoms with Gasteiger partial charge in [0.05, 0.1) is 19.3 Å². The van der Waals surface area contributed by atoms with Crippen LogP contribution in [-0.4, -0.2) is 41.9 Å². The number of sulfonamides is 1. The van der Waals surface area contributed by atoms with E-state index in [1.165, 1.54) is 23.8 Å². The molecule has 8 nitrogen and oxygen atoms in total. The molecule has 0 bridgehead atoms. The fourth-order valence-corrected chi connectivity index (χ4v) is 2.22. The van der Waals surface area contributed by atoms with E-state index in [0.29, 0.717) is 0 Å². The number of methoxy groups -OCH3 is 1. The molecule has 2 heterocycles. The van der Waals surface area contributed by atoms with Crippen molar-refractivity contribution in [1.82, 2.24) is 19.7 Å². The molecule has 0 radical (unpaired) electrons. The Kier molecular flexibility index (Phi) is 4.06. The van der Waals surface area contributed by atoms with Gasteiger partial charge in [-0.2, -0.15) is 0 Å². The first-order valence-corrected chi connectivity index (χ1v) is 7.05. The van der Waals surface area contributed by atoms with Crippen LogP contribution < -0.4 is 5.14 Å². The lowest BCUT2D eigenvalue weighted by Crippen LogP contribution is -2.20. The topological polar surface area (TPSA) is 113 Å². The predicted octanol–water partition coefficient (Wildman–Crippen LogP) is -0.227. The van der Waals surface area contributed by atoms with Gasteiger partial charge in [-0.05, 0) is 12.1 Å². The van der Waals surface area contributed by atoms with Crippen LogP contribution in [0.15, 0.2) is 23.5 Å². The maximum atomic E-state index is 12.9. The number of nitrogens with two attached hydrogens (primary N) is 1. The maximum absolute atomic E-state index is 12.9. The Labute approximate surface area is 114 Å². The summed E-state index contributed by atoms with van der Waals surface area (Å²) in [5, 5.41) is 12.0. The van der Waals surface area contributed by atoms with Crippen LogP contribution in [0.25, 0.3) is 11.5 Å². The summed E-state index contributed by atoms with van der Waals surface area (Å²) < 4.78 is 41.9. The smallest absolute Gasteiger partial charge is 0.273 e. The Morgan fingerprint density at radius 3 is 2.70 bits per heavy atom. The molecule has 108 valence electrons. The quantitative estimate of drug-likeness (QED) is 0.816. The molecule has 0 spiro atoms. The van der Waals surface area contributed by atoms with E-state index in [-0.39, 0.29) is 24.7 Å². The van der Waals surface area contributed by atoms with Crippen molar-refractivity contribution in [2.24, 2.45) is 5.14 Å². The molecule has 0 amide bonds. The number of aromatic nitrogens is 4. The molecular weight excluding hydrogens is 289 g/mol. The highest BCUT2D eigenvalue weighted by Gasteiger charge is 2.22.